The van der Waals surface area contributed by atoms with Crippen molar-refractivity contribution in [2.75, 3.05) is 14.2 Å². The molecule has 1 unspecified atom stereocenters. The van der Waals surface area contributed by atoms with Crippen molar-refractivity contribution < 1.29 is 24.2 Å². The Morgan fingerprint density at radius 1 is 1.08 bits per heavy atom. The third-order valence-corrected chi connectivity index (χ3v) is 3.75. The molecule has 6 heteroatoms. The zero-order chi connectivity index (χ0) is 18.2. The molecule has 0 saturated carbocycles. The summed E-state index contributed by atoms with van der Waals surface area (Å²) in [4.78, 5) is 23.8. The average molecular weight is 343 g/mol. The largest absolute Gasteiger partial charge is 0.497 e. The summed E-state index contributed by atoms with van der Waals surface area (Å²) in [5.41, 5.74) is 1.47. The Bertz CT molecular complexity index is 730. The van der Waals surface area contributed by atoms with Crippen LogP contribution in [0.5, 0.6) is 11.5 Å². The van der Waals surface area contributed by atoms with Crippen LogP contribution in [0, 0.1) is 0 Å². The number of carboxylic acid groups (broad SMARTS) is 1. The molecule has 1 atom stereocenters. The molecule has 25 heavy (non-hydrogen) atoms. The molecule has 2 aromatic rings. The van der Waals surface area contributed by atoms with E-state index in [1.165, 1.54) is 14.2 Å². The van der Waals surface area contributed by atoms with E-state index >= 15 is 0 Å². The number of carbonyl (C=O) groups excluding carboxylic acids is 1. The quantitative estimate of drug-likeness (QED) is 0.766. The molecule has 0 aliphatic rings. The minimum absolute atomic E-state index is 0.00105. The summed E-state index contributed by atoms with van der Waals surface area (Å²) in [6.45, 7) is 0. The number of aliphatic carboxylic acids is 1. The number of methoxy groups -OCH3 is 2. The molecule has 0 spiro atoms. The molecule has 0 fully saturated rings. The standard InChI is InChI=1S/C19H21NO5/c1-24-15-8-9-17(25-2)14(11-15)12-18(21)20-16(19(22)23)10-13-6-4-3-5-7-13/h3-9,11,16H,10,12H2,1-2H3,(H,20,21)(H,22,23). The number of carboxylic acids is 1. The van der Waals surface area contributed by atoms with E-state index in [0.29, 0.717) is 17.1 Å². The number of amides is 1. The van der Waals surface area contributed by atoms with Crippen molar-refractivity contribution in [2.24, 2.45) is 0 Å². The van der Waals surface area contributed by atoms with Crippen LogP contribution in [0.4, 0.5) is 0 Å². The van der Waals surface area contributed by atoms with Crippen molar-refractivity contribution in [3.8, 4) is 11.5 Å². The molecular formula is C19H21NO5. The first kappa shape index (κ1) is 18.3. The number of benzene rings is 2. The third kappa shape index (κ3) is 5.24. The lowest BCUT2D eigenvalue weighted by molar-refractivity contribution is -0.141. The van der Waals surface area contributed by atoms with Gasteiger partial charge in [0, 0.05) is 12.0 Å². The lowest BCUT2D eigenvalue weighted by Gasteiger charge is -2.16. The molecule has 6 nitrogen and oxygen atoms in total. The zero-order valence-corrected chi connectivity index (χ0v) is 14.2. The van der Waals surface area contributed by atoms with Gasteiger partial charge in [0.25, 0.3) is 0 Å². The molecule has 2 rings (SSSR count). The fourth-order valence-corrected chi connectivity index (χ4v) is 2.49. The van der Waals surface area contributed by atoms with Crippen molar-refractivity contribution in [3.05, 3.63) is 59.7 Å². The van der Waals surface area contributed by atoms with Gasteiger partial charge < -0.3 is 19.9 Å². The normalized spacial score (nSPS) is 11.4. The van der Waals surface area contributed by atoms with Gasteiger partial charge in [0.15, 0.2) is 0 Å². The van der Waals surface area contributed by atoms with Crippen LogP contribution in [0.25, 0.3) is 0 Å². The zero-order valence-electron chi connectivity index (χ0n) is 14.2. The van der Waals surface area contributed by atoms with Gasteiger partial charge in [-0.3, -0.25) is 4.79 Å². The van der Waals surface area contributed by atoms with Crippen LogP contribution < -0.4 is 14.8 Å². The van der Waals surface area contributed by atoms with Crippen LogP contribution in [-0.2, 0) is 22.4 Å². The first-order chi connectivity index (χ1) is 12.0. The van der Waals surface area contributed by atoms with Gasteiger partial charge in [0.1, 0.15) is 17.5 Å². The second-order valence-electron chi connectivity index (χ2n) is 5.50. The molecule has 2 aromatic carbocycles. The van der Waals surface area contributed by atoms with E-state index in [4.69, 9.17) is 9.47 Å². The van der Waals surface area contributed by atoms with E-state index < -0.39 is 17.9 Å². The first-order valence-corrected chi connectivity index (χ1v) is 7.80. The highest BCUT2D eigenvalue weighted by atomic mass is 16.5. The fraction of sp³-hybridized carbons (Fsp3) is 0.263. The van der Waals surface area contributed by atoms with E-state index in [-0.39, 0.29) is 12.8 Å². The van der Waals surface area contributed by atoms with Crippen LogP contribution in [0.1, 0.15) is 11.1 Å². The topological polar surface area (TPSA) is 84.9 Å². The van der Waals surface area contributed by atoms with Gasteiger partial charge in [-0.05, 0) is 23.8 Å². The van der Waals surface area contributed by atoms with Crippen molar-refractivity contribution >= 4 is 11.9 Å². The second-order valence-corrected chi connectivity index (χ2v) is 5.50. The molecule has 0 saturated heterocycles. The monoisotopic (exact) mass is 343 g/mol. The summed E-state index contributed by atoms with van der Waals surface area (Å²) in [5.74, 6) is -0.321. The Morgan fingerprint density at radius 3 is 2.40 bits per heavy atom. The van der Waals surface area contributed by atoms with E-state index in [2.05, 4.69) is 5.32 Å². The Kier molecular flexibility index (Phi) is 6.39. The van der Waals surface area contributed by atoms with Gasteiger partial charge in [0.2, 0.25) is 5.91 Å². The number of carbonyl (C=O) groups is 2. The Balaban J connectivity index is 2.08. The molecule has 0 radical (unpaired) electrons. The minimum Gasteiger partial charge on any atom is -0.497 e. The highest BCUT2D eigenvalue weighted by molar-refractivity contribution is 5.85. The van der Waals surface area contributed by atoms with Gasteiger partial charge in [-0.15, -0.1) is 0 Å². The van der Waals surface area contributed by atoms with E-state index in [1.54, 1.807) is 18.2 Å². The summed E-state index contributed by atoms with van der Waals surface area (Å²) < 4.78 is 10.4. The van der Waals surface area contributed by atoms with E-state index in [0.717, 1.165) is 5.56 Å². The van der Waals surface area contributed by atoms with Gasteiger partial charge in [-0.25, -0.2) is 4.79 Å². The Labute approximate surface area is 146 Å². The number of nitrogens with one attached hydrogen (secondary N) is 1. The lowest BCUT2D eigenvalue weighted by Crippen LogP contribution is -2.43. The molecule has 132 valence electrons. The Morgan fingerprint density at radius 2 is 1.80 bits per heavy atom. The SMILES string of the molecule is COc1ccc(OC)c(CC(=O)NC(Cc2ccccc2)C(=O)O)c1. The molecule has 1 amide bonds. The fourth-order valence-electron chi connectivity index (χ4n) is 2.49. The second kappa shape index (κ2) is 8.73. The summed E-state index contributed by atoms with van der Waals surface area (Å²) in [7, 11) is 3.05. The van der Waals surface area contributed by atoms with Crippen molar-refractivity contribution in [1.82, 2.24) is 5.32 Å². The highest BCUT2D eigenvalue weighted by Crippen LogP contribution is 2.24. The number of hydrogen-bond acceptors (Lipinski definition) is 4. The van der Waals surface area contributed by atoms with Crippen LogP contribution in [0.15, 0.2) is 48.5 Å². The molecule has 0 aromatic heterocycles. The molecule has 2 N–H and O–H groups in total. The van der Waals surface area contributed by atoms with Gasteiger partial charge in [-0.1, -0.05) is 30.3 Å². The van der Waals surface area contributed by atoms with Crippen LogP contribution in [0.2, 0.25) is 0 Å². The molecule has 0 aliphatic heterocycles. The maximum Gasteiger partial charge on any atom is 0.326 e. The first-order valence-electron chi connectivity index (χ1n) is 7.80. The molecule has 0 bridgehead atoms. The van der Waals surface area contributed by atoms with E-state index in [1.807, 2.05) is 30.3 Å². The van der Waals surface area contributed by atoms with Crippen molar-refractivity contribution in [3.63, 3.8) is 0 Å². The summed E-state index contributed by atoms with van der Waals surface area (Å²) >= 11 is 0. The number of ether oxygens (including phenoxy) is 2. The third-order valence-electron chi connectivity index (χ3n) is 3.75. The smallest absolute Gasteiger partial charge is 0.326 e. The summed E-state index contributed by atoms with van der Waals surface area (Å²) in [5, 5.41) is 11.9. The van der Waals surface area contributed by atoms with Crippen LogP contribution in [0.3, 0.4) is 0 Å². The van der Waals surface area contributed by atoms with Gasteiger partial charge >= 0.3 is 5.97 Å². The molecule has 0 aliphatic carbocycles. The van der Waals surface area contributed by atoms with Crippen molar-refractivity contribution in [1.29, 1.82) is 0 Å². The van der Waals surface area contributed by atoms with Crippen LogP contribution in [-0.4, -0.2) is 37.2 Å². The van der Waals surface area contributed by atoms with E-state index in [9.17, 15) is 14.7 Å². The van der Waals surface area contributed by atoms with Gasteiger partial charge in [-0.2, -0.15) is 0 Å². The Hall–Kier alpha value is -3.02. The maximum absolute atomic E-state index is 12.3. The summed E-state index contributed by atoms with van der Waals surface area (Å²) in [6, 6.07) is 13.3. The average Bonchev–Trinajstić information content (AvgIpc) is 2.61. The minimum atomic E-state index is -1.07. The molecular weight excluding hydrogens is 322 g/mol. The maximum atomic E-state index is 12.3. The number of rotatable bonds is 8. The van der Waals surface area contributed by atoms with Crippen LogP contribution >= 0.6 is 0 Å². The molecule has 0 heterocycles. The predicted molar refractivity (Wildman–Crippen MR) is 93.0 cm³/mol. The predicted octanol–water partition coefficient (Wildman–Crippen LogP) is 2.06. The lowest BCUT2D eigenvalue weighted by atomic mass is 10.0. The van der Waals surface area contributed by atoms with Gasteiger partial charge in [0.05, 0.1) is 20.6 Å². The summed E-state index contributed by atoms with van der Waals surface area (Å²) in [6.07, 6.45) is 0.218. The van der Waals surface area contributed by atoms with Crippen molar-refractivity contribution in [2.45, 2.75) is 18.9 Å². The highest BCUT2D eigenvalue weighted by Gasteiger charge is 2.21. The number of hydrogen-bond donors (Lipinski definition) is 2.